The molecule has 24 heavy (non-hydrogen) atoms. The van der Waals surface area contributed by atoms with Crippen LogP contribution in [0, 0.1) is 5.92 Å². The zero-order valence-electron chi connectivity index (χ0n) is 13.4. The molecular weight excluding hydrogens is 334 g/mol. The normalized spacial score (nSPS) is 11.8. The van der Waals surface area contributed by atoms with Crippen LogP contribution in [0.4, 0.5) is 5.69 Å². The number of primary sulfonamides is 1. The zero-order chi connectivity index (χ0) is 17.9. The van der Waals surface area contributed by atoms with Crippen molar-refractivity contribution < 1.29 is 22.5 Å². The topological polar surface area (TPSA) is 132 Å². The van der Waals surface area contributed by atoms with Crippen LogP contribution in [-0.4, -0.2) is 25.3 Å². The summed E-state index contributed by atoms with van der Waals surface area (Å²) in [5, 5.41) is 11.8. The quantitative estimate of drug-likeness (QED) is 0.776. The van der Waals surface area contributed by atoms with Crippen LogP contribution in [0.25, 0.3) is 11.0 Å². The van der Waals surface area contributed by atoms with Crippen molar-refractivity contribution in [1.29, 1.82) is 0 Å². The van der Waals surface area contributed by atoms with Crippen molar-refractivity contribution in [3.8, 4) is 0 Å². The number of nitrogens with one attached hydrogen (secondary N) is 1. The molecule has 0 saturated carbocycles. The summed E-state index contributed by atoms with van der Waals surface area (Å²) >= 11 is 0. The van der Waals surface area contributed by atoms with E-state index in [1.54, 1.807) is 32.0 Å². The molecule has 0 aliphatic rings. The average molecular weight is 353 g/mol. The monoisotopic (exact) mass is 353 g/mol. The highest BCUT2D eigenvalue weighted by Gasteiger charge is 2.15. The minimum atomic E-state index is -3.75. The predicted molar refractivity (Wildman–Crippen MR) is 88.5 cm³/mol. The van der Waals surface area contributed by atoms with Crippen LogP contribution in [0.5, 0.6) is 0 Å². The molecular formula is C15H19N3O5S. The van der Waals surface area contributed by atoms with E-state index >= 15 is 0 Å². The number of amides is 1. The molecule has 0 radical (unpaired) electrons. The first kappa shape index (κ1) is 18.1. The molecule has 0 aliphatic heterocycles. The number of hydrogen-bond acceptors (Lipinski definition) is 6. The summed E-state index contributed by atoms with van der Waals surface area (Å²) in [6.45, 7) is 3.57. The van der Waals surface area contributed by atoms with Gasteiger partial charge in [-0.25, -0.2) is 13.6 Å². The van der Waals surface area contributed by atoms with E-state index in [1.165, 1.54) is 0 Å². The molecule has 0 unspecified atom stereocenters. The predicted octanol–water partition coefficient (Wildman–Crippen LogP) is 1.56. The molecule has 2 rings (SSSR count). The molecule has 2 aromatic rings. The largest absolute Gasteiger partial charge is 0.356 e. The Morgan fingerprint density at radius 1 is 1.29 bits per heavy atom. The summed E-state index contributed by atoms with van der Waals surface area (Å²) in [4.78, 5) is 23.5. The van der Waals surface area contributed by atoms with Crippen LogP contribution >= 0.6 is 0 Å². The van der Waals surface area contributed by atoms with Crippen LogP contribution < -0.4 is 10.5 Å². The SMILES string of the molecule is CC(C)C(=O)CCC(=O)Nc1ccc2onc(CS(N)(=O)=O)c2c1. The number of nitrogens with two attached hydrogens (primary N) is 1. The van der Waals surface area contributed by atoms with Crippen molar-refractivity contribution in [2.75, 3.05) is 5.32 Å². The Hall–Kier alpha value is -2.26. The van der Waals surface area contributed by atoms with Gasteiger partial charge >= 0.3 is 0 Å². The van der Waals surface area contributed by atoms with Gasteiger partial charge in [-0.15, -0.1) is 0 Å². The fraction of sp³-hybridized carbons (Fsp3) is 0.400. The fourth-order valence-corrected chi connectivity index (χ4v) is 2.70. The smallest absolute Gasteiger partial charge is 0.224 e. The summed E-state index contributed by atoms with van der Waals surface area (Å²) in [6, 6.07) is 4.74. The van der Waals surface area contributed by atoms with E-state index in [4.69, 9.17) is 9.66 Å². The summed E-state index contributed by atoms with van der Waals surface area (Å²) in [5.41, 5.74) is 1.03. The minimum Gasteiger partial charge on any atom is -0.356 e. The number of nitrogens with zero attached hydrogens (tertiary/aromatic N) is 1. The summed E-state index contributed by atoms with van der Waals surface area (Å²) in [7, 11) is -3.75. The second kappa shape index (κ2) is 7.10. The summed E-state index contributed by atoms with van der Waals surface area (Å²) < 4.78 is 27.4. The zero-order valence-corrected chi connectivity index (χ0v) is 14.2. The third-order valence-electron chi connectivity index (χ3n) is 3.41. The number of carbonyl (C=O) groups is 2. The fourth-order valence-electron chi connectivity index (χ4n) is 2.11. The lowest BCUT2D eigenvalue weighted by atomic mass is 10.0. The maximum Gasteiger partial charge on any atom is 0.224 e. The van der Waals surface area contributed by atoms with Gasteiger partial charge in [0.1, 0.15) is 17.2 Å². The first-order valence-electron chi connectivity index (χ1n) is 7.37. The Morgan fingerprint density at radius 3 is 2.62 bits per heavy atom. The number of fused-ring (bicyclic) bond motifs is 1. The van der Waals surface area contributed by atoms with E-state index in [9.17, 15) is 18.0 Å². The van der Waals surface area contributed by atoms with E-state index in [2.05, 4.69) is 10.5 Å². The van der Waals surface area contributed by atoms with Gasteiger partial charge < -0.3 is 9.84 Å². The molecule has 1 heterocycles. The van der Waals surface area contributed by atoms with Crippen molar-refractivity contribution in [1.82, 2.24) is 5.16 Å². The molecule has 0 aliphatic carbocycles. The van der Waals surface area contributed by atoms with E-state index in [1.807, 2.05) is 0 Å². The average Bonchev–Trinajstić information content (AvgIpc) is 2.85. The third kappa shape index (κ3) is 4.87. The van der Waals surface area contributed by atoms with Crippen molar-refractivity contribution in [3.63, 3.8) is 0 Å². The lowest BCUT2D eigenvalue weighted by molar-refractivity contribution is -0.124. The number of Topliss-reactive ketones (excluding diaryl/α,β-unsaturated/α-hetero) is 1. The van der Waals surface area contributed by atoms with E-state index in [0.717, 1.165) is 0 Å². The van der Waals surface area contributed by atoms with E-state index in [0.29, 0.717) is 16.7 Å². The van der Waals surface area contributed by atoms with Gasteiger partial charge in [-0.05, 0) is 18.2 Å². The molecule has 3 N–H and O–H groups in total. The van der Waals surface area contributed by atoms with Gasteiger partial charge in [-0.3, -0.25) is 9.59 Å². The number of anilines is 1. The van der Waals surface area contributed by atoms with Crippen LogP contribution in [0.2, 0.25) is 0 Å². The molecule has 0 spiro atoms. The first-order chi connectivity index (χ1) is 11.2. The maximum absolute atomic E-state index is 11.9. The van der Waals surface area contributed by atoms with Crippen LogP contribution in [0.15, 0.2) is 22.7 Å². The Balaban J connectivity index is 2.11. The Labute approximate surface area is 139 Å². The van der Waals surface area contributed by atoms with Gasteiger partial charge in [0.05, 0.1) is 0 Å². The molecule has 8 nitrogen and oxygen atoms in total. The molecule has 1 amide bonds. The Kier molecular flexibility index (Phi) is 5.35. The number of ketones is 1. The van der Waals surface area contributed by atoms with Crippen LogP contribution in [-0.2, 0) is 25.4 Å². The highest BCUT2D eigenvalue weighted by atomic mass is 32.2. The van der Waals surface area contributed by atoms with Crippen molar-refractivity contribution in [2.45, 2.75) is 32.4 Å². The molecule has 0 atom stereocenters. The molecule has 1 aromatic carbocycles. The standard InChI is InChI=1S/C15H19N3O5S/c1-9(2)13(19)4-6-15(20)17-10-3-5-14-11(7-10)12(18-23-14)8-24(16,21)22/h3,5,7,9H,4,6,8H2,1-2H3,(H,17,20)(H2,16,21,22). The van der Waals surface area contributed by atoms with Crippen molar-refractivity contribution in [2.24, 2.45) is 11.1 Å². The highest BCUT2D eigenvalue weighted by Crippen LogP contribution is 2.23. The van der Waals surface area contributed by atoms with Crippen LogP contribution in [0.3, 0.4) is 0 Å². The van der Waals surface area contributed by atoms with Gasteiger partial charge in [0.2, 0.25) is 15.9 Å². The number of carbonyl (C=O) groups excluding carboxylic acids is 2. The number of hydrogen-bond donors (Lipinski definition) is 2. The summed E-state index contributed by atoms with van der Waals surface area (Å²) in [6.07, 6.45) is 0.262. The van der Waals surface area contributed by atoms with Gasteiger partial charge in [-0.1, -0.05) is 19.0 Å². The van der Waals surface area contributed by atoms with Crippen LogP contribution in [0.1, 0.15) is 32.4 Å². The first-order valence-corrected chi connectivity index (χ1v) is 9.08. The number of sulfonamides is 1. The van der Waals surface area contributed by atoms with Crippen molar-refractivity contribution >= 4 is 38.4 Å². The molecule has 1 aromatic heterocycles. The summed E-state index contributed by atoms with van der Waals surface area (Å²) in [5.74, 6) is -0.838. The maximum atomic E-state index is 11.9. The van der Waals surface area contributed by atoms with Gasteiger partial charge in [0, 0.05) is 29.8 Å². The molecule has 130 valence electrons. The second-order valence-corrected chi connectivity index (χ2v) is 7.43. The van der Waals surface area contributed by atoms with Gasteiger partial charge in [0.25, 0.3) is 0 Å². The molecule has 9 heteroatoms. The highest BCUT2D eigenvalue weighted by molar-refractivity contribution is 7.88. The van der Waals surface area contributed by atoms with Gasteiger partial charge in [-0.2, -0.15) is 0 Å². The minimum absolute atomic E-state index is 0.0232. The number of aromatic nitrogens is 1. The van der Waals surface area contributed by atoms with Gasteiger partial charge in [0.15, 0.2) is 5.58 Å². The molecule has 0 fully saturated rings. The van der Waals surface area contributed by atoms with E-state index in [-0.39, 0.29) is 36.1 Å². The van der Waals surface area contributed by atoms with Crippen molar-refractivity contribution in [3.05, 3.63) is 23.9 Å². The lowest BCUT2D eigenvalue weighted by Gasteiger charge is -2.06. The number of rotatable bonds is 7. The number of benzene rings is 1. The Morgan fingerprint density at radius 2 is 2.00 bits per heavy atom. The Bertz CT molecular complexity index is 870. The second-order valence-electron chi connectivity index (χ2n) is 5.82. The molecule has 0 bridgehead atoms. The molecule has 0 saturated heterocycles. The van der Waals surface area contributed by atoms with E-state index < -0.39 is 15.8 Å². The lowest BCUT2D eigenvalue weighted by Crippen LogP contribution is -2.16. The third-order valence-corrected chi connectivity index (χ3v) is 4.08.